The first-order chi connectivity index (χ1) is 3.79. The van der Waals surface area contributed by atoms with Gasteiger partial charge in [-0.15, -0.1) is 0 Å². The summed E-state index contributed by atoms with van der Waals surface area (Å²) in [5.41, 5.74) is 1.37. The number of ketones is 1. The van der Waals surface area contributed by atoms with Crippen molar-refractivity contribution in [3.05, 3.63) is 11.6 Å². The molecule has 0 aromatic heterocycles. The molecule has 0 saturated heterocycles. The Kier molecular flexibility index (Phi) is 1.47. The Balaban J connectivity index is 2.55. The van der Waals surface area contributed by atoms with E-state index in [-0.39, 0.29) is 0 Å². The molecule has 0 aromatic rings. The largest absolute Gasteiger partial charge is 0.299 e. The molecule has 1 aliphatic carbocycles. The van der Waals surface area contributed by atoms with Crippen molar-refractivity contribution in [1.82, 2.24) is 0 Å². The predicted molar refractivity (Wildman–Crippen MR) is 32.6 cm³/mol. The summed E-state index contributed by atoms with van der Waals surface area (Å²) in [5.74, 6) is 0.385. The molecule has 0 amide bonds. The molecule has 1 nitrogen and oxygen atoms in total. The quantitative estimate of drug-likeness (QED) is 0.433. The fraction of sp³-hybridized carbons (Fsp3) is 0.571. The smallest absolute Gasteiger partial charge is 0.136 e. The van der Waals surface area contributed by atoms with E-state index in [0.717, 1.165) is 12.8 Å². The van der Waals surface area contributed by atoms with Gasteiger partial charge in [0, 0.05) is 12.8 Å². The van der Waals surface area contributed by atoms with Gasteiger partial charge >= 0.3 is 0 Å². The Morgan fingerprint density at radius 1 is 1.50 bits per heavy atom. The van der Waals surface area contributed by atoms with E-state index < -0.39 is 0 Å². The van der Waals surface area contributed by atoms with Crippen LogP contribution < -0.4 is 0 Å². The fourth-order valence-corrected chi connectivity index (χ4v) is 0.829. The van der Waals surface area contributed by atoms with Gasteiger partial charge in [0.2, 0.25) is 0 Å². The Morgan fingerprint density at radius 2 is 2.25 bits per heavy atom. The summed E-state index contributed by atoms with van der Waals surface area (Å²) in [6, 6.07) is 0. The van der Waals surface area contributed by atoms with E-state index in [0.29, 0.717) is 12.2 Å². The molecule has 0 aliphatic heterocycles. The molecule has 0 radical (unpaired) electrons. The molecule has 1 rings (SSSR count). The molecule has 0 aromatic carbocycles. The minimum Gasteiger partial charge on any atom is -0.299 e. The van der Waals surface area contributed by atoms with Crippen LogP contribution in [-0.2, 0) is 4.79 Å². The van der Waals surface area contributed by atoms with E-state index in [2.05, 4.69) is 6.92 Å². The van der Waals surface area contributed by atoms with Gasteiger partial charge in [0.1, 0.15) is 5.78 Å². The van der Waals surface area contributed by atoms with Gasteiger partial charge < -0.3 is 0 Å². The zero-order valence-corrected chi connectivity index (χ0v) is 5.11. The maximum atomic E-state index is 10.6. The third-order valence-corrected chi connectivity index (χ3v) is 1.48. The van der Waals surface area contributed by atoms with Crippen LogP contribution in [0.3, 0.4) is 0 Å². The first-order valence-corrected chi connectivity index (χ1v) is 2.96. The van der Waals surface area contributed by atoms with Crippen molar-refractivity contribution in [2.24, 2.45) is 0 Å². The number of carbonyl (C=O) groups is 1. The summed E-state index contributed by atoms with van der Waals surface area (Å²) in [7, 11) is 0. The summed E-state index contributed by atoms with van der Waals surface area (Å²) >= 11 is 0. The number of carbonyl (C=O) groups excluding carboxylic acids is 1. The van der Waals surface area contributed by atoms with Gasteiger partial charge in [0.05, 0.1) is 0 Å². The summed E-state index contributed by atoms with van der Waals surface area (Å²) < 4.78 is 0. The average Bonchev–Trinajstić information content (AvgIpc) is 1.77. The lowest BCUT2D eigenvalue weighted by molar-refractivity contribution is -0.118. The van der Waals surface area contributed by atoms with Crippen molar-refractivity contribution in [1.29, 1.82) is 0 Å². The van der Waals surface area contributed by atoms with E-state index >= 15 is 0 Å². The third kappa shape index (κ3) is 1.19. The van der Waals surface area contributed by atoms with Crippen LogP contribution in [0, 0.1) is 0 Å². The maximum absolute atomic E-state index is 10.6. The van der Waals surface area contributed by atoms with Crippen LogP contribution in [0.1, 0.15) is 26.2 Å². The summed E-state index contributed by atoms with van der Waals surface area (Å²) in [6.07, 6.45) is 4.44. The molecule has 0 atom stereocenters. The SMILES string of the molecule is CC1=CCC(=O)CC1. The minimum atomic E-state index is 0.385. The van der Waals surface area contributed by atoms with E-state index in [9.17, 15) is 4.79 Å². The van der Waals surface area contributed by atoms with Crippen LogP contribution >= 0.6 is 0 Å². The summed E-state index contributed by atoms with van der Waals surface area (Å²) in [5, 5.41) is 0. The number of allylic oxidation sites excluding steroid dienone is 2. The predicted octanol–water partition coefficient (Wildman–Crippen LogP) is 1.69. The van der Waals surface area contributed by atoms with Crippen molar-refractivity contribution >= 4 is 5.78 Å². The molecular formula is C7H10O. The van der Waals surface area contributed by atoms with Gasteiger partial charge in [0.25, 0.3) is 0 Å². The first-order valence-electron chi connectivity index (χ1n) is 2.96. The van der Waals surface area contributed by atoms with Gasteiger partial charge in [0.15, 0.2) is 0 Å². The summed E-state index contributed by atoms with van der Waals surface area (Å²) in [4.78, 5) is 10.6. The molecular weight excluding hydrogens is 100 g/mol. The van der Waals surface area contributed by atoms with Crippen LogP contribution in [-0.4, -0.2) is 5.78 Å². The molecule has 1 heteroatoms. The highest BCUT2D eigenvalue weighted by atomic mass is 16.1. The second-order valence-electron chi connectivity index (χ2n) is 2.29. The van der Waals surface area contributed by atoms with Gasteiger partial charge in [-0.1, -0.05) is 11.6 Å². The number of Topliss-reactive ketones (excluding diaryl/α,β-unsaturated/α-hetero) is 1. The van der Waals surface area contributed by atoms with Crippen molar-refractivity contribution < 1.29 is 4.79 Å². The number of rotatable bonds is 0. The first kappa shape index (κ1) is 5.54. The van der Waals surface area contributed by atoms with Crippen LogP contribution in [0.2, 0.25) is 0 Å². The lowest BCUT2D eigenvalue weighted by Crippen LogP contribution is -2.01. The van der Waals surface area contributed by atoms with Crippen LogP contribution in [0.5, 0.6) is 0 Å². The fourth-order valence-electron chi connectivity index (χ4n) is 0.829. The molecule has 0 heterocycles. The standard InChI is InChI=1S/C7H10O/c1-6-2-4-7(8)5-3-6/h2H,3-5H2,1H3. The van der Waals surface area contributed by atoms with E-state index in [1.54, 1.807) is 0 Å². The van der Waals surface area contributed by atoms with Crippen molar-refractivity contribution in [3.63, 3.8) is 0 Å². The molecule has 1 aliphatic rings. The molecule has 0 fully saturated rings. The lowest BCUT2D eigenvalue weighted by atomic mass is 10.0. The van der Waals surface area contributed by atoms with E-state index in [4.69, 9.17) is 0 Å². The van der Waals surface area contributed by atoms with Crippen LogP contribution in [0.25, 0.3) is 0 Å². The molecule has 0 spiro atoms. The minimum absolute atomic E-state index is 0.385. The van der Waals surface area contributed by atoms with E-state index in [1.165, 1.54) is 5.57 Å². The van der Waals surface area contributed by atoms with Crippen molar-refractivity contribution in [2.45, 2.75) is 26.2 Å². The van der Waals surface area contributed by atoms with E-state index in [1.807, 2.05) is 6.08 Å². The molecule has 0 bridgehead atoms. The molecule has 0 N–H and O–H groups in total. The van der Waals surface area contributed by atoms with Gasteiger partial charge in [-0.2, -0.15) is 0 Å². The normalized spacial score (nSPS) is 20.6. The Hall–Kier alpha value is -0.590. The molecule has 0 saturated carbocycles. The van der Waals surface area contributed by atoms with Crippen molar-refractivity contribution in [3.8, 4) is 0 Å². The highest BCUT2D eigenvalue weighted by Crippen LogP contribution is 2.12. The second-order valence-corrected chi connectivity index (χ2v) is 2.29. The number of hydrogen-bond acceptors (Lipinski definition) is 1. The van der Waals surface area contributed by atoms with Gasteiger partial charge in [-0.25, -0.2) is 0 Å². The molecule has 8 heavy (non-hydrogen) atoms. The highest BCUT2D eigenvalue weighted by Gasteiger charge is 2.05. The Labute approximate surface area is 49.4 Å². The zero-order chi connectivity index (χ0) is 5.98. The zero-order valence-electron chi connectivity index (χ0n) is 5.11. The second kappa shape index (κ2) is 2.12. The van der Waals surface area contributed by atoms with Crippen LogP contribution in [0.4, 0.5) is 0 Å². The Morgan fingerprint density at radius 3 is 2.62 bits per heavy atom. The summed E-state index contributed by atoms with van der Waals surface area (Å²) in [6.45, 7) is 2.08. The molecule has 0 unspecified atom stereocenters. The monoisotopic (exact) mass is 110 g/mol. The van der Waals surface area contributed by atoms with Crippen LogP contribution in [0.15, 0.2) is 11.6 Å². The lowest BCUT2D eigenvalue weighted by Gasteiger charge is -2.05. The Bertz CT molecular complexity index is 133. The number of hydrogen-bond donors (Lipinski definition) is 0. The van der Waals surface area contributed by atoms with Gasteiger partial charge in [-0.05, 0) is 13.3 Å². The third-order valence-electron chi connectivity index (χ3n) is 1.48. The van der Waals surface area contributed by atoms with Gasteiger partial charge in [-0.3, -0.25) is 4.79 Å². The average molecular weight is 110 g/mol. The maximum Gasteiger partial charge on any atom is 0.136 e. The molecule has 44 valence electrons. The highest BCUT2D eigenvalue weighted by molar-refractivity contribution is 5.81. The van der Waals surface area contributed by atoms with Crippen molar-refractivity contribution in [2.75, 3.05) is 0 Å². The topological polar surface area (TPSA) is 17.1 Å².